The Morgan fingerprint density at radius 3 is 2.64 bits per heavy atom. The van der Waals surface area contributed by atoms with E-state index in [-0.39, 0.29) is 0 Å². The van der Waals surface area contributed by atoms with Gasteiger partial charge >= 0.3 is 0 Å². The quantitative estimate of drug-likeness (QED) is 0.430. The Morgan fingerprint density at radius 2 is 2.04 bits per heavy atom. The molecule has 0 saturated carbocycles. The largest absolute Gasteiger partial charge is 0.356 e. The summed E-state index contributed by atoms with van der Waals surface area (Å²) in [5.74, 6) is 1.34. The molecular formula is C18H30N6S. The minimum Gasteiger partial charge on any atom is -0.356 e. The molecule has 0 saturated heterocycles. The summed E-state index contributed by atoms with van der Waals surface area (Å²) < 4.78 is 2.06. The highest BCUT2D eigenvalue weighted by Crippen LogP contribution is 2.19. The molecule has 2 aromatic heterocycles. The van der Waals surface area contributed by atoms with Crippen LogP contribution in [-0.2, 0) is 13.0 Å². The van der Waals surface area contributed by atoms with Crippen LogP contribution in [-0.4, -0.2) is 40.9 Å². The van der Waals surface area contributed by atoms with Gasteiger partial charge in [0, 0.05) is 50.1 Å². The van der Waals surface area contributed by atoms with Crippen molar-refractivity contribution in [1.82, 2.24) is 25.4 Å². The zero-order chi connectivity index (χ0) is 18.2. The summed E-state index contributed by atoms with van der Waals surface area (Å²) in [7, 11) is 1.80. The monoisotopic (exact) mass is 362 g/mol. The van der Waals surface area contributed by atoms with Crippen molar-refractivity contribution < 1.29 is 0 Å². The van der Waals surface area contributed by atoms with Crippen molar-refractivity contribution in [3.8, 4) is 0 Å². The van der Waals surface area contributed by atoms with Gasteiger partial charge in [0.15, 0.2) is 5.96 Å². The molecule has 7 heteroatoms. The lowest BCUT2D eigenvalue weighted by molar-refractivity contribution is 0.555. The molecule has 0 unspecified atom stereocenters. The Labute approximate surface area is 154 Å². The van der Waals surface area contributed by atoms with Gasteiger partial charge in [-0.2, -0.15) is 5.10 Å². The van der Waals surface area contributed by atoms with Gasteiger partial charge in [-0.1, -0.05) is 13.8 Å². The van der Waals surface area contributed by atoms with Crippen LogP contribution in [0.1, 0.15) is 48.3 Å². The number of hydrogen-bond donors (Lipinski definition) is 2. The van der Waals surface area contributed by atoms with E-state index < -0.39 is 0 Å². The van der Waals surface area contributed by atoms with E-state index in [2.05, 4.69) is 62.6 Å². The molecule has 0 aliphatic rings. The van der Waals surface area contributed by atoms with Gasteiger partial charge in [0.05, 0.1) is 16.4 Å². The molecule has 0 spiro atoms. The fourth-order valence-electron chi connectivity index (χ4n) is 2.57. The summed E-state index contributed by atoms with van der Waals surface area (Å²) in [5, 5.41) is 14.6. The van der Waals surface area contributed by atoms with Gasteiger partial charge in [0.25, 0.3) is 0 Å². The Bertz CT molecular complexity index is 686. The molecule has 0 aliphatic heterocycles. The number of nitrogens with one attached hydrogen (secondary N) is 2. The van der Waals surface area contributed by atoms with Crippen LogP contribution in [0.3, 0.4) is 0 Å². The highest BCUT2D eigenvalue weighted by atomic mass is 32.1. The predicted molar refractivity (Wildman–Crippen MR) is 106 cm³/mol. The molecule has 2 rings (SSSR count). The SMILES string of the molecule is CN=C(NCCCn1nc(C)cc1C)NCCc1csc(C(C)C)n1. The summed E-state index contributed by atoms with van der Waals surface area (Å²) >= 11 is 1.75. The zero-order valence-electron chi connectivity index (χ0n) is 16.0. The minimum absolute atomic E-state index is 0.503. The first kappa shape index (κ1) is 19.4. The number of nitrogens with zero attached hydrogens (tertiary/aromatic N) is 4. The lowest BCUT2D eigenvalue weighted by Gasteiger charge is -2.11. The fraction of sp³-hybridized carbons (Fsp3) is 0.611. The first-order valence-electron chi connectivity index (χ1n) is 8.89. The molecule has 0 aliphatic carbocycles. The maximum atomic E-state index is 4.66. The zero-order valence-corrected chi connectivity index (χ0v) is 16.8. The Balaban J connectivity index is 1.65. The van der Waals surface area contributed by atoms with Crippen LogP contribution in [0.25, 0.3) is 0 Å². The van der Waals surface area contributed by atoms with E-state index in [4.69, 9.17) is 0 Å². The maximum Gasteiger partial charge on any atom is 0.190 e. The number of aliphatic imine (C=N–C) groups is 1. The summed E-state index contributed by atoms with van der Waals surface area (Å²) in [6, 6.07) is 2.11. The molecular weight excluding hydrogens is 332 g/mol. The number of aromatic nitrogens is 3. The molecule has 6 nitrogen and oxygen atoms in total. The summed E-state index contributed by atoms with van der Waals surface area (Å²) in [4.78, 5) is 8.93. The number of aryl methyl sites for hydroxylation is 3. The van der Waals surface area contributed by atoms with Gasteiger partial charge in [-0.3, -0.25) is 9.67 Å². The van der Waals surface area contributed by atoms with Crippen LogP contribution in [0.4, 0.5) is 0 Å². The van der Waals surface area contributed by atoms with Crippen molar-refractivity contribution in [2.45, 2.75) is 53.0 Å². The predicted octanol–water partition coefficient (Wildman–Crippen LogP) is 2.88. The molecule has 138 valence electrons. The Kier molecular flexibility index (Phi) is 7.43. The standard InChI is InChI=1S/C18H30N6S/c1-13(2)17-22-16(12-25-17)7-9-21-18(19-5)20-8-6-10-24-15(4)11-14(3)23-24/h11-13H,6-10H2,1-5H3,(H2,19,20,21). The van der Waals surface area contributed by atoms with Gasteiger partial charge in [0.1, 0.15) is 0 Å². The number of hydrogen-bond acceptors (Lipinski definition) is 4. The number of guanidine groups is 1. The van der Waals surface area contributed by atoms with Crippen molar-refractivity contribution in [2.24, 2.45) is 4.99 Å². The van der Waals surface area contributed by atoms with Crippen LogP contribution < -0.4 is 10.6 Å². The average Bonchev–Trinajstić information content (AvgIpc) is 3.16. The average molecular weight is 363 g/mol. The molecule has 2 N–H and O–H groups in total. The van der Waals surface area contributed by atoms with Crippen LogP contribution >= 0.6 is 11.3 Å². The highest BCUT2D eigenvalue weighted by molar-refractivity contribution is 7.09. The molecule has 2 heterocycles. The highest BCUT2D eigenvalue weighted by Gasteiger charge is 2.06. The second-order valence-electron chi connectivity index (χ2n) is 6.51. The van der Waals surface area contributed by atoms with E-state index >= 15 is 0 Å². The molecule has 0 atom stereocenters. The van der Waals surface area contributed by atoms with E-state index in [1.165, 1.54) is 10.7 Å². The number of thiazole rings is 1. The third-order valence-electron chi connectivity index (χ3n) is 3.90. The van der Waals surface area contributed by atoms with E-state index in [1.54, 1.807) is 18.4 Å². The van der Waals surface area contributed by atoms with Gasteiger partial charge < -0.3 is 10.6 Å². The van der Waals surface area contributed by atoms with E-state index in [0.29, 0.717) is 5.92 Å². The Morgan fingerprint density at radius 1 is 1.28 bits per heavy atom. The van der Waals surface area contributed by atoms with E-state index in [9.17, 15) is 0 Å². The fourth-order valence-corrected chi connectivity index (χ4v) is 3.44. The van der Waals surface area contributed by atoms with Crippen LogP contribution in [0.2, 0.25) is 0 Å². The van der Waals surface area contributed by atoms with Crippen molar-refractivity contribution in [2.75, 3.05) is 20.1 Å². The van der Waals surface area contributed by atoms with Crippen molar-refractivity contribution in [3.05, 3.63) is 33.5 Å². The molecule has 0 aromatic carbocycles. The van der Waals surface area contributed by atoms with Crippen LogP contribution in [0, 0.1) is 13.8 Å². The first-order valence-corrected chi connectivity index (χ1v) is 9.77. The normalized spacial score (nSPS) is 12.0. The van der Waals surface area contributed by atoms with Crippen molar-refractivity contribution >= 4 is 17.3 Å². The third kappa shape index (κ3) is 6.16. The van der Waals surface area contributed by atoms with Gasteiger partial charge in [-0.25, -0.2) is 4.98 Å². The van der Waals surface area contributed by atoms with E-state index in [0.717, 1.165) is 49.8 Å². The topological polar surface area (TPSA) is 67.1 Å². The minimum atomic E-state index is 0.503. The van der Waals surface area contributed by atoms with Crippen molar-refractivity contribution in [3.63, 3.8) is 0 Å². The van der Waals surface area contributed by atoms with Gasteiger partial charge in [-0.15, -0.1) is 11.3 Å². The lowest BCUT2D eigenvalue weighted by atomic mass is 10.2. The summed E-state index contributed by atoms with van der Waals surface area (Å²) in [5.41, 5.74) is 3.44. The van der Waals surface area contributed by atoms with Crippen LogP contribution in [0.5, 0.6) is 0 Å². The second-order valence-corrected chi connectivity index (χ2v) is 7.40. The molecule has 0 amide bonds. The second kappa shape index (κ2) is 9.56. The molecule has 2 aromatic rings. The molecule has 25 heavy (non-hydrogen) atoms. The molecule has 0 bridgehead atoms. The number of rotatable bonds is 8. The van der Waals surface area contributed by atoms with Crippen molar-refractivity contribution in [1.29, 1.82) is 0 Å². The lowest BCUT2D eigenvalue weighted by Crippen LogP contribution is -2.39. The molecule has 0 radical (unpaired) electrons. The third-order valence-corrected chi connectivity index (χ3v) is 5.10. The first-order chi connectivity index (χ1) is 12.0. The van der Waals surface area contributed by atoms with E-state index in [1.807, 2.05) is 6.92 Å². The van der Waals surface area contributed by atoms with Gasteiger partial charge in [-0.05, 0) is 26.3 Å². The summed E-state index contributed by atoms with van der Waals surface area (Å²) in [6.45, 7) is 11.1. The van der Waals surface area contributed by atoms with Crippen LogP contribution in [0.15, 0.2) is 16.4 Å². The Hall–Kier alpha value is -1.89. The maximum absolute atomic E-state index is 4.66. The molecule has 0 fully saturated rings. The smallest absolute Gasteiger partial charge is 0.190 e. The summed E-state index contributed by atoms with van der Waals surface area (Å²) in [6.07, 6.45) is 1.92. The van der Waals surface area contributed by atoms with Gasteiger partial charge in [0.2, 0.25) is 0 Å².